The lowest BCUT2D eigenvalue weighted by Crippen LogP contribution is -2.14. The van der Waals surface area contributed by atoms with Gasteiger partial charge in [-0.3, -0.25) is 4.79 Å². The maximum absolute atomic E-state index is 11.8. The van der Waals surface area contributed by atoms with Crippen LogP contribution >= 0.6 is 11.8 Å². The quantitative estimate of drug-likeness (QED) is 0.821. The van der Waals surface area contributed by atoms with Crippen LogP contribution in [0.5, 0.6) is 0 Å². The fourth-order valence-electron chi connectivity index (χ4n) is 1.51. The van der Waals surface area contributed by atoms with Crippen molar-refractivity contribution in [3.8, 4) is 0 Å². The number of nitrogens with one attached hydrogen (secondary N) is 1. The molecule has 6 nitrogen and oxygen atoms in total. The van der Waals surface area contributed by atoms with Gasteiger partial charge in [-0.1, -0.05) is 11.8 Å². The van der Waals surface area contributed by atoms with E-state index in [0.717, 1.165) is 5.16 Å². The van der Waals surface area contributed by atoms with Crippen LogP contribution in [-0.2, 0) is 11.8 Å². The molecule has 0 aliphatic rings. The Morgan fingerprint density at radius 1 is 1.35 bits per heavy atom. The Balaban J connectivity index is 1.88. The highest BCUT2D eigenvalue weighted by atomic mass is 32.2. The minimum atomic E-state index is -0.992. The van der Waals surface area contributed by atoms with E-state index in [1.807, 2.05) is 17.8 Å². The van der Waals surface area contributed by atoms with E-state index >= 15 is 0 Å². The number of carboxylic acid groups (broad SMARTS) is 1. The largest absolute Gasteiger partial charge is 0.478 e. The second-order valence-electron chi connectivity index (χ2n) is 4.04. The van der Waals surface area contributed by atoms with Crippen molar-refractivity contribution in [1.82, 2.24) is 9.55 Å². The third-order valence-electron chi connectivity index (χ3n) is 2.52. The first-order valence-electron chi connectivity index (χ1n) is 5.79. The number of amides is 1. The van der Waals surface area contributed by atoms with Crippen LogP contribution < -0.4 is 5.32 Å². The minimum absolute atomic E-state index is 0.166. The molecule has 1 aromatic carbocycles. The molecule has 7 heteroatoms. The van der Waals surface area contributed by atoms with Crippen LogP contribution in [0.15, 0.2) is 41.8 Å². The Kier molecular flexibility index (Phi) is 4.41. The molecule has 0 aliphatic heterocycles. The van der Waals surface area contributed by atoms with E-state index in [4.69, 9.17) is 5.11 Å². The van der Waals surface area contributed by atoms with Gasteiger partial charge in [0.25, 0.3) is 0 Å². The van der Waals surface area contributed by atoms with Gasteiger partial charge in [-0.2, -0.15) is 0 Å². The van der Waals surface area contributed by atoms with E-state index in [0.29, 0.717) is 5.69 Å². The van der Waals surface area contributed by atoms with Gasteiger partial charge in [-0.15, -0.1) is 0 Å². The Morgan fingerprint density at radius 3 is 2.60 bits per heavy atom. The molecule has 2 N–H and O–H groups in total. The molecule has 0 atom stereocenters. The molecule has 0 saturated heterocycles. The normalized spacial score (nSPS) is 10.2. The number of aromatic carboxylic acids is 1. The zero-order valence-electron chi connectivity index (χ0n) is 10.7. The second-order valence-corrected chi connectivity index (χ2v) is 4.98. The molecule has 2 rings (SSSR count). The summed E-state index contributed by atoms with van der Waals surface area (Å²) >= 11 is 1.33. The molecule has 0 saturated carbocycles. The number of carbonyl (C=O) groups excluding carboxylic acids is 1. The third-order valence-corrected chi connectivity index (χ3v) is 3.58. The highest BCUT2D eigenvalue weighted by molar-refractivity contribution is 7.99. The lowest BCUT2D eigenvalue weighted by Gasteiger charge is -2.05. The number of benzene rings is 1. The standard InChI is InChI=1S/C13H13N3O3S/c1-16-7-6-14-13(16)20-8-11(17)15-10-4-2-9(3-5-10)12(18)19/h2-7H,8H2,1H3,(H,15,17)(H,18,19). The molecule has 1 amide bonds. The molecular weight excluding hydrogens is 278 g/mol. The van der Waals surface area contributed by atoms with Crippen molar-refractivity contribution in [3.05, 3.63) is 42.2 Å². The Bertz CT molecular complexity index is 622. The highest BCUT2D eigenvalue weighted by Crippen LogP contribution is 2.15. The van der Waals surface area contributed by atoms with Crippen LogP contribution in [0.25, 0.3) is 0 Å². The minimum Gasteiger partial charge on any atom is -0.478 e. The molecule has 20 heavy (non-hydrogen) atoms. The molecule has 104 valence electrons. The van der Waals surface area contributed by atoms with E-state index in [1.54, 1.807) is 18.3 Å². The third kappa shape index (κ3) is 3.61. The molecule has 1 heterocycles. The number of carboxylic acids is 1. The summed E-state index contributed by atoms with van der Waals surface area (Å²) in [6.45, 7) is 0. The van der Waals surface area contributed by atoms with E-state index < -0.39 is 5.97 Å². The van der Waals surface area contributed by atoms with E-state index in [9.17, 15) is 9.59 Å². The lowest BCUT2D eigenvalue weighted by atomic mass is 10.2. The molecule has 0 unspecified atom stereocenters. The van der Waals surface area contributed by atoms with E-state index in [2.05, 4.69) is 10.3 Å². The summed E-state index contributed by atoms with van der Waals surface area (Å²) in [5.41, 5.74) is 0.755. The van der Waals surface area contributed by atoms with Gasteiger partial charge in [0, 0.05) is 25.1 Å². The van der Waals surface area contributed by atoms with E-state index in [1.165, 1.54) is 23.9 Å². The van der Waals surface area contributed by atoms with Gasteiger partial charge in [0.1, 0.15) is 0 Å². The first-order valence-corrected chi connectivity index (χ1v) is 6.78. The van der Waals surface area contributed by atoms with Gasteiger partial charge < -0.3 is 15.0 Å². The predicted octanol–water partition coefficient (Wildman–Crippen LogP) is 1.85. The molecule has 2 aromatic rings. The van der Waals surface area contributed by atoms with Gasteiger partial charge in [0.15, 0.2) is 5.16 Å². The molecule has 0 aliphatic carbocycles. The number of anilines is 1. The van der Waals surface area contributed by atoms with Crippen LogP contribution in [-0.4, -0.2) is 32.3 Å². The fourth-order valence-corrected chi connectivity index (χ4v) is 2.25. The number of hydrogen-bond donors (Lipinski definition) is 2. The maximum atomic E-state index is 11.8. The van der Waals surface area contributed by atoms with Crippen molar-refractivity contribution in [2.75, 3.05) is 11.1 Å². The number of nitrogens with zero attached hydrogens (tertiary/aromatic N) is 2. The average molecular weight is 291 g/mol. The first-order chi connectivity index (χ1) is 9.56. The van der Waals surface area contributed by atoms with Crippen LogP contribution in [0.2, 0.25) is 0 Å². The number of thioether (sulfide) groups is 1. The first kappa shape index (κ1) is 14.1. The van der Waals surface area contributed by atoms with Crippen molar-refractivity contribution in [3.63, 3.8) is 0 Å². The summed E-state index contributed by atoms with van der Waals surface area (Å²) in [5, 5.41) is 12.2. The lowest BCUT2D eigenvalue weighted by molar-refractivity contribution is -0.113. The van der Waals surface area contributed by atoms with Crippen molar-refractivity contribution >= 4 is 29.3 Å². The fraction of sp³-hybridized carbons (Fsp3) is 0.154. The van der Waals surface area contributed by atoms with Gasteiger partial charge in [-0.25, -0.2) is 9.78 Å². The number of rotatable bonds is 5. The second kappa shape index (κ2) is 6.25. The molecule has 1 aromatic heterocycles. The number of carbonyl (C=O) groups is 2. The SMILES string of the molecule is Cn1ccnc1SCC(=O)Nc1ccc(C(=O)O)cc1. The van der Waals surface area contributed by atoms with Crippen molar-refractivity contribution < 1.29 is 14.7 Å². The Morgan fingerprint density at radius 2 is 2.05 bits per heavy atom. The smallest absolute Gasteiger partial charge is 0.335 e. The number of imidazole rings is 1. The predicted molar refractivity (Wildman–Crippen MR) is 76.0 cm³/mol. The number of aromatic nitrogens is 2. The summed E-state index contributed by atoms with van der Waals surface area (Å²) in [6.07, 6.45) is 3.48. The Labute approximate surface area is 119 Å². The zero-order chi connectivity index (χ0) is 14.5. The van der Waals surface area contributed by atoms with Crippen molar-refractivity contribution in [2.45, 2.75) is 5.16 Å². The molecule has 0 spiro atoms. The van der Waals surface area contributed by atoms with Crippen LogP contribution in [0.3, 0.4) is 0 Å². The van der Waals surface area contributed by atoms with Gasteiger partial charge in [-0.05, 0) is 24.3 Å². The molecule has 0 radical (unpaired) electrons. The molecule has 0 bridgehead atoms. The van der Waals surface area contributed by atoms with Crippen LogP contribution in [0.1, 0.15) is 10.4 Å². The summed E-state index contributed by atoms with van der Waals surface area (Å²) in [7, 11) is 1.86. The van der Waals surface area contributed by atoms with Gasteiger partial charge >= 0.3 is 5.97 Å². The Hall–Kier alpha value is -2.28. The zero-order valence-corrected chi connectivity index (χ0v) is 11.6. The van der Waals surface area contributed by atoms with Crippen molar-refractivity contribution in [1.29, 1.82) is 0 Å². The molecule has 0 fully saturated rings. The maximum Gasteiger partial charge on any atom is 0.335 e. The summed E-state index contributed by atoms with van der Waals surface area (Å²) < 4.78 is 1.83. The summed E-state index contributed by atoms with van der Waals surface area (Å²) in [5.74, 6) is -0.916. The van der Waals surface area contributed by atoms with Crippen LogP contribution in [0, 0.1) is 0 Å². The van der Waals surface area contributed by atoms with Crippen molar-refractivity contribution in [2.24, 2.45) is 7.05 Å². The van der Waals surface area contributed by atoms with E-state index in [-0.39, 0.29) is 17.2 Å². The number of hydrogen-bond acceptors (Lipinski definition) is 4. The molecular formula is C13H13N3O3S. The van der Waals surface area contributed by atoms with Gasteiger partial charge in [0.05, 0.1) is 11.3 Å². The van der Waals surface area contributed by atoms with Crippen LogP contribution in [0.4, 0.5) is 5.69 Å². The summed E-state index contributed by atoms with van der Waals surface area (Å²) in [6, 6.07) is 6.02. The summed E-state index contributed by atoms with van der Waals surface area (Å²) in [4.78, 5) is 26.6. The topological polar surface area (TPSA) is 84.2 Å². The average Bonchev–Trinajstić information content (AvgIpc) is 2.82. The highest BCUT2D eigenvalue weighted by Gasteiger charge is 2.07. The van der Waals surface area contributed by atoms with Gasteiger partial charge in [0.2, 0.25) is 5.91 Å². The monoisotopic (exact) mass is 291 g/mol. The number of aryl methyl sites for hydroxylation is 1.